The van der Waals surface area contributed by atoms with Crippen molar-refractivity contribution in [3.63, 3.8) is 0 Å². The van der Waals surface area contributed by atoms with E-state index in [9.17, 15) is 9.90 Å². The lowest BCUT2D eigenvalue weighted by Gasteiger charge is -2.25. The third-order valence-electron chi connectivity index (χ3n) is 4.74. The molecule has 0 spiro atoms. The first-order chi connectivity index (χ1) is 12.6. The molecular formula is C21H19N3O2. The predicted molar refractivity (Wildman–Crippen MR) is 99.9 cm³/mol. The average molecular weight is 345 g/mol. The Balaban J connectivity index is 1.92. The Kier molecular flexibility index (Phi) is 3.84. The van der Waals surface area contributed by atoms with Gasteiger partial charge in [0, 0.05) is 17.7 Å². The van der Waals surface area contributed by atoms with Crippen molar-refractivity contribution in [3.05, 3.63) is 83.6 Å². The van der Waals surface area contributed by atoms with Crippen LogP contribution >= 0.6 is 0 Å². The van der Waals surface area contributed by atoms with E-state index in [4.69, 9.17) is 0 Å². The number of para-hydroxylation sites is 1. The summed E-state index contributed by atoms with van der Waals surface area (Å²) in [5.74, 6) is 0.0266. The lowest BCUT2D eigenvalue weighted by molar-refractivity contribution is 0.0764. The van der Waals surface area contributed by atoms with Crippen LogP contribution in [-0.2, 0) is 0 Å². The lowest BCUT2D eigenvalue weighted by Crippen LogP contribution is -2.29. The van der Waals surface area contributed by atoms with Crippen LogP contribution in [0.2, 0.25) is 0 Å². The van der Waals surface area contributed by atoms with E-state index in [-0.39, 0.29) is 17.7 Å². The Morgan fingerprint density at radius 2 is 1.96 bits per heavy atom. The largest absolute Gasteiger partial charge is 0.507 e. The Morgan fingerprint density at radius 3 is 2.65 bits per heavy atom. The number of nitrogens with one attached hydrogen (secondary N) is 1. The molecule has 1 amide bonds. The molecule has 1 aliphatic rings. The Labute approximate surface area is 151 Å². The number of benzene rings is 2. The first-order valence-electron chi connectivity index (χ1n) is 8.47. The van der Waals surface area contributed by atoms with Crippen molar-refractivity contribution in [2.75, 3.05) is 6.54 Å². The SMILES string of the molecule is C=CCN1C(=O)c2[nH]nc(-c3ccccc3O)c2[C@@H]1c1ccc(C)cc1. The summed E-state index contributed by atoms with van der Waals surface area (Å²) < 4.78 is 0. The molecule has 4 rings (SSSR count). The number of fused-ring (bicyclic) bond motifs is 1. The number of aryl methyl sites for hydroxylation is 1. The molecule has 130 valence electrons. The number of aromatic amines is 1. The minimum Gasteiger partial charge on any atom is -0.507 e. The standard InChI is InChI=1S/C21H19N3O2/c1-3-12-24-20(14-10-8-13(2)9-11-14)17-18(22-23-19(17)21(24)26)15-6-4-5-7-16(15)25/h3-11,20,25H,1,12H2,2H3,(H,22,23)/t20-/m0/s1. The van der Waals surface area contributed by atoms with E-state index in [1.807, 2.05) is 37.3 Å². The van der Waals surface area contributed by atoms with Gasteiger partial charge >= 0.3 is 0 Å². The Morgan fingerprint density at radius 1 is 1.23 bits per heavy atom. The first kappa shape index (κ1) is 16.1. The third kappa shape index (κ3) is 2.40. The number of amides is 1. The fourth-order valence-corrected chi connectivity index (χ4v) is 3.50. The quantitative estimate of drug-likeness (QED) is 0.706. The van der Waals surface area contributed by atoms with E-state index in [0.29, 0.717) is 23.5 Å². The van der Waals surface area contributed by atoms with Gasteiger partial charge in [-0.1, -0.05) is 48.0 Å². The number of rotatable bonds is 4. The predicted octanol–water partition coefficient (Wildman–Crippen LogP) is 3.82. The molecule has 2 heterocycles. The molecule has 0 saturated carbocycles. The molecule has 26 heavy (non-hydrogen) atoms. The van der Waals surface area contributed by atoms with Crippen LogP contribution in [0.15, 0.2) is 61.2 Å². The number of hydrogen-bond donors (Lipinski definition) is 2. The van der Waals surface area contributed by atoms with Crippen LogP contribution in [0.3, 0.4) is 0 Å². The fourth-order valence-electron chi connectivity index (χ4n) is 3.50. The second kappa shape index (κ2) is 6.19. The highest BCUT2D eigenvalue weighted by molar-refractivity contribution is 6.00. The second-order valence-corrected chi connectivity index (χ2v) is 6.44. The van der Waals surface area contributed by atoms with E-state index in [1.165, 1.54) is 0 Å². The van der Waals surface area contributed by atoms with Gasteiger partial charge in [-0.25, -0.2) is 0 Å². The van der Waals surface area contributed by atoms with Crippen molar-refractivity contribution >= 4 is 5.91 Å². The van der Waals surface area contributed by atoms with E-state index < -0.39 is 0 Å². The van der Waals surface area contributed by atoms with Crippen LogP contribution in [-0.4, -0.2) is 32.7 Å². The monoisotopic (exact) mass is 345 g/mol. The molecule has 2 aromatic carbocycles. The average Bonchev–Trinajstić information content (AvgIpc) is 3.17. The van der Waals surface area contributed by atoms with Crippen LogP contribution in [0.4, 0.5) is 0 Å². The molecule has 1 atom stereocenters. The molecule has 0 radical (unpaired) electrons. The van der Waals surface area contributed by atoms with Crippen LogP contribution in [0.1, 0.15) is 33.2 Å². The number of phenolic OH excluding ortho intramolecular Hbond substituents is 1. The number of carbonyl (C=O) groups is 1. The highest BCUT2D eigenvalue weighted by Crippen LogP contribution is 2.44. The summed E-state index contributed by atoms with van der Waals surface area (Å²) in [4.78, 5) is 14.7. The first-order valence-corrected chi connectivity index (χ1v) is 8.47. The zero-order valence-electron chi connectivity index (χ0n) is 14.4. The Hall–Kier alpha value is -3.34. The summed E-state index contributed by atoms with van der Waals surface area (Å²) >= 11 is 0. The molecule has 5 heteroatoms. The van der Waals surface area contributed by atoms with Crippen molar-refractivity contribution in [1.82, 2.24) is 15.1 Å². The van der Waals surface area contributed by atoms with Crippen LogP contribution < -0.4 is 0 Å². The van der Waals surface area contributed by atoms with E-state index in [0.717, 1.165) is 16.7 Å². The molecule has 1 aliphatic heterocycles. The van der Waals surface area contributed by atoms with Gasteiger partial charge in [-0.2, -0.15) is 5.10 Å². The van der Waals surface area contributed by atoms with Crippen molar-refractivity contribution in [2.24, 2.45) is 0 Å². The van der Waals surface area contributed by atoms with Crippen molar-refractivity contribution < 1.29 is 9.90 Å². The molecule has 1 aromatic heterocycles. The van der Waals surface area contributed by atoms with Gasteiger partial charge in [0.15, 0.2) is 0 Å². The number of aromatic hydroxyl groups is 1. The number of H-pyrrole nitrogens is 1. The summed E-state index contributed by atoms with van der Waals surface area (Å²) in [5.41, 5.74) is 4.63. The summed E-state index contributed by atoms with van der Waals surface area (Å²) in [6.07, 6.45) is 1.72. The molecule has 5 nitrogen and oxygen atoms in total. The number of hydrogen-bond acceptors (Lipinski definition) is 3. The van der Waals surface area contributed by atoms with Gasteiger partial charge in [-0.3, -0.25) is 9.89 Å². The van der Waals surface area contributed by atoms with Gasteiger partial charge < -0.3 is 10.0 Å². The molecule has 0 unspecified atom stereocenters. The molecule has 0 saturated heterocycles. The normalized spacial score (nSPS) is 16.0. The van der Waals surface area contributed by atoms with Gasteiger partial charge in [0.2, 0.25) is 0 Å². The van der Waals surface area contributed by atoms with Gasteiger partial charge in [0.25, 0.3) is 5.91 Å². The molecule has 0 aliphatic carbocycles. The van der Waals surface area contributed by atoms with Crippen molar-refractivity contribution in [3.8, 4) is 17.0 Å². The maximum Gasteiger partial charge on any atom is 0.273 e. The van der Waals surface area contributed by atoms with E-state index in [2.05, 4.69) is 16.8 Å². The third-order valence-corrected chi connectivity index (χ3v) is 4.74. The summed E-state index contributed by atoms with van der Waals surface area (Å²) in [7, 11) is 0. The van der Waals surface area contributed by atoms with Crippen molar-refractivity contribution in [1.29, 1.82) is 0 Å². The van der Waals surface area contributed by atoms with Gasteiger partial charge in [-0.15, -0.1) is 6.58 Å². The zero-order chi connectivity index (χ0) is 18.3. The number of nitrogens with zero attached hydrogens (tertiary/aromatic N) is 2. The van der Waals surface area contributed by atoms with Gasteiger partial charge in [0.05, 0.1) is 6.04 Å². The number of aromatic nitrogens is 2. The highest BCUT2D eigenvalue weighted by Gasteiger charge is 2.41. The number of carbonyl (C=O) groups excluding carboxylic acids is 1. The maximum atomic E-state index is 12.9. The summed E-state index contributed by atoms with van der Waals surface area (Å²) in [5, 5.41) is 17.5. The summed E-state index contributed by atoms with van der Waals surface area (Å²) in [6, 6.07) is 14.9. The van der Waals surface area contributed by atoms with Crippen molar-refractivity contribution in [2.45, 2.75) is 13.0 Å². The highest BCUT2D eigenvalue weighted by atomic mass is 16.3. The fraction of sp³-hybridized carbons (Fsp3) is 0.143. The second-order valence-electron chi connectivity index (χ2n) is 6.44. The maximum absolute atomic E-state index is 12.9. The van der Waals surface area contributed by atoms with Crippen LogP contribution in [0.5, 0.6) is 5.75 Å². The Bertz CT molecular complexity index is 989. The van der Waals surface area contributed by atoms with E-state index >= 15 is 0 Å². The molecule has 0 bridgehead atoms. The van der Waals surface area contributed by atoms with Crippen LogP contribution in [0.25, 0.3) is 11.3 Å². The van der Waals surface area contributed by atoms with Crippen LogP contribution in [0, 0.1) is 6.92 Å². The molecule has 0 fully saturated rings. The van der Waals surface area contributed by atoms with E-state index in [1.54, 1.807) is 29.2 Å². The topological polar surface area (TPSA) is 69.2 Å². The number of phenols is 1. The lowest BCUT2D eigenvalue weighted by atomic mass is 9.95. The smallest absolute Gasteiger partial charge is 0.273 e. The summed E-state index contributed by atoms with van der Waals surface area (Å²) in [6.45, 7) is 6.24. The molecule has 2 N–H and O–H groups in total. The minimum absolute atomic E-state index is 0.111. The van der Waals surface area contributed by atoms with Gasteiger partial charge in [-0.05, 0) is 24.6 Å². The minimum atomic E-state index is -0.274. The molecular weight excluding hydrogens is 326 g/mol. The molecule has 3 aromatic rings. The van der Waals surface area contributed by atoms with Gasteiger partial charge in [0.1, 0.15) is 17.1 Å². The zero-order valence-corrected chi connectivity index (χ0v) is 14.4.